The molecule has 0 unspecified atom stereocenters. The second kappa shape index (κ2) is 5.11. The zero-order chi connectivity index (χ0) is 10.7. The highest BCUT2D eigenvalue weighted by atomic mass is 79.9. The molecule has 5 heteroatoms. The summed E-state index contributed by atoms with van der Waals surface area (Å²) in [6, 6.07) is 3.16. The van der Waals surface area contributed by atoms with Gasteiger partial charge in [0.15, 0.2) is 0 Å². The van der Waals surface area contributed by atoms with E-state index in [0.717, 1.165) is 4.47 Å². The number of aromatic hydroxyl groups is 1. The van der Waals surface area contributed by atoms with Gasteiger partial charge in [-0.1, -0.05) is 15.9 Å². The lowest BCUT2D eigenvalue weighted by Gasteiger charge is -2.15. The molecular formula is C9H11Br2NO2. The number of rotatable bonds is 3. The zero-order valence-electron chi connectivity index (χ0n) is 7.37. The molecule has 78 valence electrons. The lowest BCUT2D eigenvalue weighted by atomic mass is 10.0. The molecule has 1 atom stereocenters. The van der Waals surface area contributed by atoms with Crippen molar-refractivity contribution >= 4 is 31.9 Å². The van der Waals surface area contributed by atoms with E-state index in [1.165, 1.54) is 0 Å². The van der Waals surface area contributed by atoms with Crippen molar-refractivity contribution in [3.8, 4) is 5.75 Å². The third-order valence-corrected chi connectivity index (χ3v) is 3.26. The van der Waals surface area contributed by atoms with Crippen LogP contribution in [-0.2, 0) is 0 Å². The molecule has 0 radical (unpaired) electrons. The molecule has 3 nitrogen and oxygen atoms in total. The van der Waals surface area contributed by atoms with Crippen LogP contribution in [0.2, 0.25) is 0 Å². The molecule has 0 saturated heterocycles. The van der Waals surface area contributed by atoms with Crippen LogP contribution in [0.5, 0.6) is 5.75 Å². The van der Waals surface area contributed by atoms with Gasteiger partial charge < -0.3 is 15.9 Å². The van der Waals surface area contributed by atoms with Crippen molar-refractivity contribution in [1.29, 1.82) is 0 Å². The maximum atomic E-state index is 9.74. The SMILES string of the molecule is N[C@@H](CCO)c1c(Br)ccc(Br)c1O. The molecule has 0 amide bonds. The first-order chi connectivity index (χ1) is 6.57. The Morgan fingerprint density at radius 2 is 1.86 bits per heavy atom. The van der Waals surface area contributed by atoms with Crippen LogP contribution >= 0.6 is 31.9 Å². The summed E-state index contributed by atoms with van der Waals surface area (Å²) in [6.07, 6.45) is 0.419. The Hall–Kier alpha value is -0.100. The van der Waals surface area contributed by atoms with Crippen LogP contribution in [0.15, 0.2) is 21.1 Å². The first-order valence-electron chi connectivity index (χ1n) is 4.11. The molecular weight excluding hydrogens is 314 g/mol. The van der Waals surface area contributed by atoms with E-state index >= 15 is 0 Å². The Balaban J connectivity index is 3.11. The van der Waals surface area contributed by atoms with Gasteiger partial charge in [0.25, 0.3) is 0 Å². The van der Waals surface area contributed by atoms with E-state index in [1.807, 2.05) is 0 Å². The smallest absolute Gasteiger partial charge is 0.135 e. The molecule has 0 aliphatic heterocycles. The van der Waals surface area contributed by atoms with Gasteiger partial charge in [-0.2, -0.15) is 0 Å². The summed E-state index contributed by atoms with van der Waals surface area (Å²) >= 11 is 6.52. The van der Waals surface area contributed by atoms with Crippen LogP contribution in [0, 0.1) is 0 Å². The number of nitrogens with two attached hydrogens (primary N) is 1. The van der Waals surface area contributed by atoms with Gasteiger partial charge in [0.2, 0.25) is 0 Å². The monoisotopic (exact) mass is 323 g/mol. The average Bonchev–Trinajstić information content (AvgIpc) is 2.13. The summed E-state index contributed by atoms with van der Waals surface area (Å²) < 4.78 is 1.35. The van der Waals surface area contributed by atoms with Gasteiger partial charge in [-0.25, -0.2) is 0 Å². The number of hydrogen-bond donors (Lipinski definition) is 3. The number of aliphatic hydroxyl groups excluding tert-OH is 1. The number of halogens is 2. The quantitative estimate of drug-likeness (QED) is 0.799. The lowest BCUT2D eigenvalue weighted by molar-refractivity contribution is 0.275. The highest BCUT2D eigenvalue weighted by Gasteiger charge is 2.16. The molecule has 14 heavy (non-hydrogen) atoms. The van der Waals surface area contributed by atoms with Crippen molar-refractivity contribution in [2.45, 2.75) is 12.5 Å². The second-order valence-corrected chi connectivity index (χ2v) is 4.62. The Labute approximate surface area is 99.2 Å². The molecule has 0 aromatic heterocycles. The minimum Gasteiger partial charge on any atom is -0.506 e. The predicted molar refractivity (Wildman–Crippen MR) is 62.1 cm³/mol. The van der Waals surface area contributed by atoms with Crippen LogP contribution in [0.25, 0.3) is 0 Å². The summed E-state index contributed by atoms with van der Waals surface area (Å²) in [4.78, 5) is 0. The fraction of sp³-hybridized carbons (Fsp3) is 0.333. The third kappa shape index (κ3) is 2.48. The maximum absolute atomic E-state index is 9.74. The second-order valence-electron chi connectivity index (χ2n) is 2.91. The van der Waals surface area contributed by atoms with Crippen molar-refractivity contribution in [1.82, 2.24) is 0 Å². The van der Waals surface area contributed by atoms with Gasteiger partial charge in [-0.05, 0) is 34.5 Å². The number of phenols is 1. The summed E-state index contributed by atoms with van der Waals surface area (Å²) in [5.74, 6) is 0.125. The van der Waals surface area contributed by atoms with E-state index in [1.54, 1.807) is 12.1 Å². The largest absolute Gasteiger partial charge is 0.506 e. The summed E-state index contributed by atoms with van der Waals surface area (Å²) in [7, 11) is 0. The van der Waals surface area contributed by atoms with E-state index in [-0.39, 0.29) is 18.4 Å². The van der Waals surface area contributed by atoms with Gasteiger partial charge in [0.1, 0.15) is 5.75 Å². The average molecular weight is 325 g/mol. The van der Waals surface area contributed by atoms with Gasteiger partial charge >= 0.3 is 0 Å². The van der Waals surface area contributed by atoms with E-state index in [2.05, 4.69) is 31.9 Å². The van der Waals surface area contributed by atoms with E-state index < -0.39 is 0 Å². The van der Waals surface area contributed by atoms with Gasteiger partial charge in [0, 0.05) is 22.7 Å². The third-order valence-electron chi connectivity index (χ3n) is 1.93. The van der Waals surface area contributed by atoms with Crippen molar-refractivity contribution in [2.75, 3.05) is 6.61 Å². The molecule has 1 rings (SSSR count). The molecule has 0 fully saturated rings. The van der Waals surface area contributed by atoms with Crippen molar-refractivity contribution in [3.63, 3.8) is 0 Å². The highest BCUT2D eigenvalue weighted by Crippen LogP contribution is 2.37. The molecule has 0 aliphatic rings. The number of benzene rings is 1. The van der Waals surface area contributed by atoms with Crippen molar-refractivity contribution in [3.05, 3.63) is 26.6 Å². The van der Waals surface area contributed by atoms with Crippen LogP contribution < -0.4 is 5.73 Å². The van der Waals surface area contributed by atoms with Crippen LogP contribution in [0.4, 0.5) is 0 Å². The standard InChI is InChI=1S/C9H11Br2NO2/c10-5-1-2-6(11)9(14)8(5)7(12)3-4-13/h1-2,7,13-14H,3-4,12H2/t7-/m0/s1. The predicted octanol–water partition coefficient (Wildman–Crippen LogP) is 2.30. The lowest BCUT2D eigenvalue weighted by Crippen LogP contribution is -2.12. The molecule has 0 aliphatic carbocycles. The summed E-state index contributed by atoms with van der Waals surface area (Å²) in [5, 5.41) is 18.5. The van der Waals surface area contributed by atoms with Crippen LogP contribution in [0.3, 0.4) is 0 Å². The van der Waals surface area contributed by atoms with Gasteiger partial charge in [0.05, 0.1) is 4.47 Å². The summed E-state index contributed by atoms with van der Waals surface area (Å²) in [6.45, 7) is -0.000437. The normalized spacial score (nSPS) is 12.9. The maximum Gasteiger partial charge on any atom is 0.135 e. The fourth-order valence-corrected chi connectivity index (χ4v) is 2.15. The molecule has 1 aromatic rings. The minimum atomic E-state index is -0.369. The minimum absolute atomic E-state index is 0.000437. The summed E-state index contributed by atoms with van der Waals surface area (Å²) in [5.41, 5.74) is 6.42. The molecule has 1 aromatic carbocycles. The first-order valence-corrected chi connectivity index (χ1v) is 5.69. The molecule has 0 bridgehead atoms. The topological polar surface area (TPSA) is 66.5 Å². The van der Waals surface area contributed by atoms with Crippen molar-refractivity contribution in [2.24, 2.45) is 5.73 Å². The molecule has 4 N–H and O–H groups in total. The fourth-order valence-electron chi connectivity index (χ4n) is 1.19. The number of hydrogen-bond acceptors (Lipinski definition) is 3. The van der Waals surface area contributed by atoms with E-state index in [0.29, 0.717) is 16.5 Å². The van der Waals surface area contributed by atoms with Crippen LogP contribution in [0.1, 0.15) is 18.0 Å². The highest BCUT2D eigenvalue weighted by molar-refractivity contribution is 9.11. The Morgan fingerprint density at radius 1 is 1.29 bits per heavy atom. The van der Waals surface area contributed by atoms with E-state index in [9.17, 15) is 5.11 Å². The number of aliphatic hydroxyl groups is 1. The Morgan fingerprint density at radius 3 is 2.43 bits per heavy atom. The van der Waals surface area contributed by atoms with Gasteiger partial charge in [-0.15, -0.1) is 0 Å². The zero-order valence-corrected chi connectivity index (χ0v) is 10.5. The van der Waals surface area contributed by atoms with Gasteiger partial charge in [-0.3, -0.25) is 0 Å². The van der Waals surface area contributed by atoms with E-state index in [4.69, 9.17) is 10.8 Å². The molecule has 0 heterocycles. The molecule has 0 saturated carbocycles. The van der Waals surface area contributed by atoms with Crippen LogP contribution in [-0.4, -0.2) is 16.8 Å². The number of phenolic OH excluding ortho intramolecular Hbond substituents is 1. The Bertz CT molecular complexity index is 331. The molecule has 0 spiro atoms. The first kappa shape index (κ1) is 12.0. The Kier molecular flexibility index (Phi) is 4.37. The van der Waals surface area contributed by atoms with Crippen molar-refractivity contribution < 1.29 is 10.2 Å².